The number of fused-ring (bicyclic) bond motifs is 1. The molecular formula is C19H28N2O3. The smallest absolute Gasteiger partial charge is 0.222 e. The van der Waals surface area contributed by atoms with E-state index in [2.05, 4.69) is 23.2 Å². The highest BCUT2D eigenvalue weighted by atomic mass is 16.5. The molecule has 24 heavy (non-hydrogen) atoms. The molecule has 0 saturated carbocycles. The summed E-state index contributed by atoms with van der Waals surface area (Å²) in [5.74, 6) is 2.05. The van der Waals surface area contributed by atoms with Crippen molar-refractivity contribution in [2.75, 3.05) is 26.3 Å². The molecule has 5 heteroatoms. The summed E-state index contributed by atoms with van der Waals surface area (Å²) < 4.78 is 11.6. The Bertz CT molecular complexity index is 562. The Balaban J connectivity index is 1.50. The molecule has 0 radical (unpaired) electrons. The van der Waals surface area contributed by atoms with Gasteiger partial charge in [-0.05, 0) is 31.9 Å². The Labute approximate surface area is 144 Å². The summed E-state index contributed by atoms with van der Waals surface area (Å²) in [7, 11) is 0. The van der Waals surface area contributed by atoms with E-state index in [1.54, 1.807) is 0 Å². The van der Waals surface area contributed by atoms with Gasteiger partial charge in [0.15, 0.2) is 11.5 Å². The normalized spacial score (nSPS) is 18.5. The first-order valence-corrected chi connectivity index (χ1v) is 9.17. The molecule has 1 saturated heterocycles. The number of carbonyl (C=O) groups excluding carboxylic acids is 1. The van der Waals surface area contributed by atoms with E-state index >= 15 is 0 Å². The number of benzene rings is 1. The second-order valence-electron chi connectivity index (χ2n) is 6.51. The number of likely N-dealkylation sites (tertiary alicyclic amines) is 1. The third-order valence-corrected chi connectivity index (χ3v) is 4.84. The third kappa shape index (κ3) is 4.01. The van der Waals surface area contributed by atoms with Crippen LogP contribution in [0.2, 0.25) is 0 Å². The highest BCUT2D eigenvalue weighted by Gasteiger charge is 2.26. The van der Waals surface area contributed by atoms with Crippen LogP contribution in [0.5, 0.6) is 11.5 Å². The number of para-hydroxylation sites is 1. The van der Waals surface area contributed by atoms with Crippen molar-refractivity contribution in [2.24, 2.45) is 0 Å². The van der Waals surface area contributed by atoms with E-state index in [1.807, 2.05) is 12.1 Å². The largest absolute Gasteiger partial charge is 0.490 e. The van der Waals surface area contributed by atoms with Crippen molar-refractivity contribution in [3.05, 3.63) is 23.8 Å². The minimum absolute atomic E-state index is 0.320. The summed E-state index contributed by atoms with van der Waals surface area (Å²) in [6, 6.07) is 6.43. The van der Waals surface area contributed by atoms with Crippen molar-refractivity contribution in [1.29, 1.82) is 0 Å². The Morgan fingerprint density at radius 1 is 1.25 bits per heavy atom. The van der Waals surface area contributed by atoms with Crippen LogP contribution < -0.4 is 14.8 Å². The average molecular weight is 332 g/mol. The molecule has 1 aromatic rings. The van der Waals surface area contributed by atoms with Crippen molar-refractivity contribution in [3.63, 3.8) is 0 Å². The molecule has 3 rings (SSSR count). The molecule has 0 aromatic heterocycles. The molecule has 5 nitrogen and oxygen atoms in total. The maximum Gasteiger partial charge on any atom is 0.222 e. The molecule has 0 unspecified atom stereocenters. The summed E-state index contributed by atoms with van der Waals surface area (Å²) in [5, 5.41) is 3.50. The first-order valence-electron chi connectivity index (χ1n) is 9.17. The van der Waals surface area contributed by atoms with Gasteiger partial charge in [-0.2, -0.15) is 0 Å². The van der Waals surface area contributed by atoms with E-state index in [-0.39, 0.29) is 0 Å². The van der Waals surface area contributed by atoms with Crippen molar-refractivity contribution >= 4 is 5.91 Å². The fourth-order valence-electron chi connectivity index (χ4n) is 3.52. The van der Waals surface area contributed by atoms with Gasteiger partial charge in [0.25, 0.3) is 0 Å². The highest BCUT2D eigenvalue weighted by molar-refractivity contribution is 5.78. The molecule has 1 atom stereocenters. The van der Waals surface area contributed by atoms with E-state index < -0.39 is 0 Å². The lowest BCUT2D eigenvalue weighted by Gasteiger charge is -2.27. The lowest BCUT2D eigenvalue weighted by molar-refractivity contribution is -0.129. The molecule has 0 bridgehead atoms. The standard InChI is InChI=1S/C19H28N2O3/c1-2-16(21-11-4-8-18(21)22)9-10-20-14-15-6-3-7-17-19(15)24-13-5-12-23-17/h3,6-7,16,20H,2,4-5,8-14H2,1H3/t16-/m1/s1. The summed E-state index contributed by atoms with van der Waals surface area (Å²) in [5.41, 5.74) is 1.14. The SMILES string of the molecule is CC[C@H](CCNCc1cccc2c1OCCCO2)N1CCCC1=O. The van der Waals surface area contributed by atoms with Crippen LogP contribution in [0, 0.1) is 0 Å². The Kier molecular flexibility index (Phi) is 5.96. The number of hydrogen-bond donors (Lipinski definition) is 1. The van der Waals surface area contributed by atoms with Gasteiger partial charge >= 0.3 is 0 Å². The van der Waals surface area contributed by atoms with Gasteiger partial charge in [-0.15, -0.1) is 0 Å². The van der Waals surface area contributed by atoms with Gasteiger partial charge in [0.1, 0.15) is 0 Å². The molecule has 132 valence electrons. The summed E-state index contributed by atoms with van der Waals surface area (Å²) in [6.07, 6.45) is 4.66. The van der Waals surface area contributed by atoms with Crippen LogP contribution in [-0.2, 0) is 11.3 Å². The number of hydrogen-bond acceptors (Lipinski definition) is 4. The second-order valence-corrected chi connectivity index (χ2v) is 6.51. The second kappa shape index (κ2) is 8.38. The number of nitrogens with one attached hydrogen (secondary N) is 1. The van der Waals surface area contributed by atoms with Crippen LogP contribution in [-0.4, -0.2) is 43.2 Å². The van der Waals surface area contributed by atoms with Crippen LogP contribution in [0.1, 0.15) is 44.6 Å². The number of rotatable bonds is 7. The summed E-state index contributed by atoms with van der Waals surface area (Å²) in [4.78, 5) is 14.0. The molecule has 2 heterocycles. The summed E-state index contributed by atoms with van der Waals surface area (Å²) in [6.45, 7) is 6.17. The first kappa shape index (κ1) is 17.1. The van der Waals surface area contributed by atoms with Crippen LogP contribution in [0.15, 0.2) is 18.2 Å². The van der Waals surface area contributed by atoms with Crippen LogP contribution in [0.3, 0.4) is 0 Å². The van der Waals surface area contributed by atoms with Gasteiger partial charge in [0.2, 0.25) is 5.91 Å². The Hall–Kier alpha value is -1.75. The van der Waals surface area contributed by atoms with E-state index in [0.29, 0.717) is 25.2 Å². The number of nitrogens with zero attached hydrogens (tertiary/aromatic N) is 1. The Morgan fingerprint density at radius 2 is 2.12 bits per heavy atom. The van der Waals surface area contributed by atoms with E-state index in [9.17, 15) is 4.79 Å². The number of amides is 1. The van der Waals surface area contributed by atoms with E-state index in [0.717, 1.165) is 68.8 Å². The van der Waals surface area contributed by atoms with Crippen molar-refractivity contribution < 1.29 is 14.3 Å². The van der Waals surface area contributed by atoms with Crippen LogP contribution in [0.25, 0.3) is 0 Å². The highest BCUT2D eigenvalue weighted by Crippen LogP contribution is 2.33. The van der Waals surface area contributed by atoms with Crippen molar-refractivity contribution in [2.45, 2.75) is 51.6 Å². The van der Waals surface area contributed by atoms with Gasteiger partial charge in [0, 0.05) is 37.5 Å². The molecule has 2 aliphatic rings. The predicted molar refractivity (Wildman–Crippen MR) is 93.4 cm³/mol. The topological polar surface area (TPSA) is 50.8 Å². The first-order chi connectivity index (χ1) is 11.8. The van der Waals surface area contributed by atoms with E-state index in [4.69, 9.17) is 9.47 Å². The molecule has 0 aliphatic carbocycles. The number of carbonyl (C=O) groups is 1. The van der Waals surface area contributed by atoms with Crippen LogP contribution >= 0.6 is 0 Å². The van der Waals surface area contributed by atoms with Gasteiger partial charge < -0.3 is 19.7 Å². The summed E-state index contributed by atoms with van der Waals surface area (Å²) >= 11 is 0. The van der Waals surface area contributed by atoms with E-state index in [1.165, 1.54) is 0 Å². The van der Waals surface area contributed by atoms with Gasteiger partial charge in [0.05, 0.1) is 13.2 Å². The molecule has 1 N–H and O–H groups in total. The molecule has 1 amide bonds. The zero-order valence-corrected chi connectivity index (χ0v) is 14.6. The zero-order valence-electron chi connectivity index (χ0n) is 14.6. The molecular weight excluding hydrogens is 304 g/mol. The molecule has 0 spiro atoms. The quantitative estimate of drug-likeness (QED) is 0.780. The molecule has 1 fully saturated rings. The lowest BCUT2D eigenvalue weighted by atomic mass is 10.1. The Morgan fingerprint density at radius 3 is 2.92 bits per heavy atom. The minimum Gasteiger partial charge on any atom is -0.490 e. The maximum absolute atomic E-state index is 11.9. The zero-order chi connectivity index (χ0) is 16.8. The predicted octanol–water partition coefficient (Wildman–Crippen LogP) is 2.73. The molecule has 1 aromatic carbocycles. The minimum atomic E-state index is 0.320. The maximum atomic E-state index is 11.9. The van der Waals surface area contributed by atoms with Gasteiger partial charge in [-0.3, -0.25) is 4.79 Å². The lowest BCUT2D eigenvalue weighted by Crippen LogP contribution is -2.37. The van der Waals surface area contributed by atoms with Gasteiger partial charge in [-0.25, -0.2) is 0 Å². The average Bonchev–Trinajstić information content (AvgIpc) is 2.87. The van der Waals surface area contributed by atoms with Crippen LogP contribution in [0.4, 0.5) is 0 Å². The monoisotopic (exact) mass is 332 g/mol. The third-order valence-electron chi connectivity index (χ3n) is 4.84. The van der Waals surface area contributed by atoms with Crippen molar-refractivity contribution in [3.8, 4) is 11.5 Å². The molecule has 2 aliphatic heterocycles. The number of ether oxygens (including phenoxy) is 2. The fourth-order valence-corrected chi connectivity index (χ4v) is 3.52. The van der Waals surface area contributed by atoms with Crippen molar-refractivity contribution in [1.82, 2.24) is 10.2 Å². The van der Waals surface area contributed by atoms with Gasteiger partial charge in [-0.1, -0.05) is 19.1 Å². The fraction of sp³-hybridized carbons (Fsp3) is 0.632.